The Morgan fingerprint density at radius 2 is 1.88 bits per heavy atom. The predicted octanol–water partition coefficient (Wildman–Crippen LogP) is 3.48. The Balaban J connectivity index is 1.79. The van der Waals surface area contributed by atoms with Crippen molar-refractivity contribution in [3.63, 3.8) is 0 Å². The number of hydrogen-bond donors (Lipinski definition) is 2. The lowest BCUT2D eigenvalue weighted by Crippen LogP contribution is -2.46. The van der Waals surface area contributed by atoms with Gasteiger partial charge < -0.3 is 10.2 Å². The Kier molecular flexibility index (Phi) is 7.23. The van der Waals surface area contributed by atoms with Crippen molar-refractivity contribution in [3.05, 3.63) is 59.2 Å². The smallest absolute Gasteiger partial charge is 0.262 e. The first-order valence-corrected chi connectivity index (χ1v) is 12.4. The second-order valence-corrected chi connectivity index (χ2v) is 10.4. The van der Waals surface area contributed by atoms with Crippen LogP contribution in [-0.4, -0.2) is 44.3 Å². The number of likely N-dealkylation sites (tertiary alicyclic amines) is 1. The van der Waals surface area contributed by atoms with Crippen molar-refractivity contribution < 1.29 is 18.0 Å². The molecule has 32 heavy (non-hydrogen) atoms. The molecular weight excluding hydrogens is 426 g/mol. The Bertz CT molecular complexity index is 1110. The maximum Gasteiger partial charge on any atom is 0.262 e. The fourth-order valence-electron chi connectivity index (χ4n) is 3.79. The zero-order valence-electron chi connectivity index (χ0n) is 19.0. The Morgan fingerprint density at radius 3 is 2.59 bits per heavy atom. The molecular formula is C24H31N3O4S. The molecule has 1 saturated heterocycles. The first-order chi connectivity index (χ1) is 15.1. The number of carbonyl (C=O) groups is 2. The van der Waals surface area contributed by atoms with Gasteiger partial charge in [-0.05, 0) is 68.0 Å². The van der Waals surface area contributed by atoms with Gasteiger partial charge in [-0.3, -0.25) is 14.3 Å². The van der Waals surface area contributed by atoms with Crippen LogP contribution >= 0.6 is 0 Å². The Morgan fingerprint density at radius 1 is 1.12 bits per heavy atom. The van der Waals surface area contributed by atoms with Crippen LogP contribution in [0, 0.1) is 19.8 Å². The third-order valence-corrected chi connectivity index (χ3v) is 7.02. The molecule has 1 fully saturated rings. The molecule has 8 heteroatoms. The SMILES string of the molecule is Cc1ccc(C)c(S(=O)(=O)Nc2cccc(C(=O)N3CCC[C@H]3C(=O)NCC(C)C)c2)c1. The molecule has 2 N–H and O–H groups in total. The largest absolute Gasteiger partial charge is 0.354 e. The summed E-state index contributed by atoms with van der Waals surface area (Å²) in [6, 6.07) is 11.1. The molecule has 3 rings (SSSR count). The van der Waals surface area contributed by atoms with Crippen LogP contribution in [0.1, 0.15) is 48.2 Å². The Labute approximate surface area is 190 Å². The zero-order valence-corrected chi connectivity index (χ0v) is 19.8. The van der Waals surface area contributed by atoms with E-state index in [-0.39, 0.29) is 16.7 Å². The van der Waals surface area contributed by atoms with Crippen molar-refractivity contribution in [2.24, 2.45) is 5.92 Å². The van der Waals surface area contributed by atoms with Gasteiger partial charge in [0.05, 0.1) is 4.90 Å². The summed E-state index contributed by atoms with van der Waals surface area (Å²) in [6.07, 6.45) is 1.37. The van der Waals surface area contributed by atoms with Gasteiger partial charge in [0.2, 0.25) is 5.91 Å². The van der Waals surface area contributed by atoms with Crippen LogP contribution in [0.25, 0.3) is 0 Å². The van der Waals surface area contributed by atoms with Crippen LogP contribution in [0.5, 0.6) is 0 Å². The van der Waals surface area contributed by atoms with Gasteiger partial charge >= 0.3 is 0 Å². The topological polar surface area (TPSA) is 95.6 Å². The molecule has 1 aliphatic rings. The first-order valence-electron chi connectivity index (χ1n) is 10.9. The van der Waals surface area contributed by atoms with Crippen LogP contribution in [0.15, 0.2) is 47.4 Å². The molecule has 0 saturated carbocycles. The first kappa shape index (κ1) is 23.8. The van der Waals surface area contributed by atoms with Crippen molar-refractivity contribution in [1.82, 2.24) is 10.2 Å². The lowest BCUT2D eigenvalue weighted by atomic mass is 10.1. The van der Waals surface area contributed by atoms with Crippen molar-refractivity contribution in [3.8, 4) is 0 Å². The van der Waals surface area contributed by atoms with Gasteiger partial charge in [0, 0.05) is 24.3 Å². The molecule has 0 aromatic heterocycles. The minimum atomic E-state index is -3.81. The van der Waals surface area contributed by atoms with E-state index in [9.17, 15) is 18.0 Å². The minimum Gasteiger partial charge on any atom is -0.354 e. The minimum absolute atomic E-state index is 0.142. The van der Waals surface area contributed by atoms with Crippen molar-refractivity contribution >= 4 is 27.5 Å². The molecule has 1 heterocycles. The number of amides is 2. The molecule has 7 nitrogen and oxygen atoms in total. The van der Waals surface area contributed by atoms with E-state index in [4.69, 9.17) is 0 Å². The number of anilines is 1. The lowest BCUT2D eigenvalue weighted by molar-refractivity contribution is -0.125. The van der Waals surface area contributed by atoms with Gasteiger partial charge in [-0.25, -0.2) is 8.42 Å². The molecule has 1 atom stereocenters. The number of rotatable bonds is 7. The van der Waals surface area contributed by atoms with E-state index in [1.54, 1.807) is 42.2 Å². The van der Waals surface area contributed by atoms with E-state index < -0.39 is 16.1 Å². The number of nitrogens with zero attached hydrogens (tertiary/aromatic N) is 1. The van der Waals surface area contributed by atoms with Gasteiger partial charge in [0.15, 0.2) is 0 Å². The number of benzene rings is 2. The average molecular weight is 458 g/mol. The van der Waals surface area contributed by atoms with Crippen LogP contribution < -0.4 is 10.0 Å². The molecule has 172 valence electrons. The summed E-state index contributed by atoms with van der Waals surface area (Å²) in [4.78, 5) is 27.5. The second-order valence-electron chi connectivity index (χ2n) is 8.75. The van der Waals surface area contributed by atoms with Crippen molar-refractivity contribution in [2.75, 3.05) is 17.8 Å². The highest BCUT2D eigenvalue weighted by atomic mass is 32.2. The van der Waals surface area contributed by atoms with E-state index >= 15 is 0 Å². The van der Waals surface area contributed by atoms with Crippen LogP contribution in [0.2, 0.25) is 0 Å². The summed E-state index contributed by atoms with van der Waals surface area (Å²) in [5, 5.41) is 2.91. The standard InChI is InChI=1S/C24H31N3O4S/c1-16(2)15-25-23(28)21-9-6-12-27(21)24(29)19-7-5-8-20(14-19)26-32(30,31)22-13-17(3)10-11-18(22)4/h5,7-8,10-11,13-14,16,21,26H,6,9,12,15H2,1-4H3,(H,25,28)/t21-/m0/s1. The summed E-state index contributed by atoms with van der Waals surface area (Å²) >= 11 is 0. The summed E-state index contributed by atoms with van der Waals surface area (Å²) in [7, 11) is -3.81. The molecule has 0 aliphatic carbocycles. The van der Waals surface area contributed by atoms with Crippen LogP contribution in [0.3, 0.4) is 0 Å². The highest BCUT2D eigenvalue weighted by Crippen LogP contribution is 2.24. The maximum atomic E-state index is 13.2. The lowest BCUT2D eigenvalue weighted by Gasteiger charge is -2.24. The molecule has 2 aromatic carbocycles. The van der Waals surface area contributed by atoms with E-state index in [1.807, 2.05) is 26.8 Å². The van der Waals surface area contributed by atoms with Gasteiger partial charge in [0.25, 0.3) is 15.9 Å². The molecule has 0 spiro atoms. The zero-order chi connectivity index (χ0) is 23.5. The number of sulfonamides is 1. The fraction of sp³-hybridized carbons (Fsp3) is 0.417. The van der Waals surface area contributed by atoms with Gasteiger partial charge in [-0.2, -0.15) is 0 Å². The highest BCUT2D eigenvalue weighted by Gasteiger charge is 2.34. The molecule has 0 bridgehead atoms. The van der Waals surface area contributed by atoms with Gasteiger partial charge in [0.1, 0.15) is 6.04 Å². The number of nitrogens with one attached hydrogen (secondary N) is 2. The van der Waals surface area contributed by atoms with Crippen molar-refractivity contribution in [1.29, 1.82) is 0 Å². The molecule has 2 amide bonds. The van der Waals surface area contributed by atoms with Crippen LogP contribution in [0.4, 0.5) is 5.69 Å². The second kappa shape index (κ2) is 9.73. The molecule has 1 aliphatic heterocycles. The average Bonchev–Trinajstić information content (AvgIpc) is 3.23. The third-order valence-electron chi connectivity index (χ3n) is 5.50. The number of carbonyl (C=O) groups excluding carboxylic acids is 2. The molecule has 2 aromatic rings. The van der Waals surface area contributed by atoms with Crippen molar-refractivity contribution in [2.45, 2.75) is 51.5 Å². The van der Waals surface area contributed by atoms with E-state index in [0.29, 0.717) is 42.2 Å². The summed E-state index contributed by atoms with van der Waals surface area (Å²) in [5.41, 5.74) is 2.13. The van der Waals surface area contributed by atoms with E-state index in [2.05, 4.69) is 10.0 Å². The van der Waals surface area contributed by atoms with E-state index in [1.165, 1.54) is 6.07 Å². The number of aryl methyl sites for hydroxylation is 2. The highest BCUT2D eigenvalue weighted by molar-refractivity contribution is 7.92. The summed E-state index contributed by atoms with van der Waals surface area (Å²) in [6.45, 7) is 8.67. The number of hydrogen-bond acceptors (Lipinski definition) is 4. The monoisotopic (exact) mass is 457 g/mol. The van der Waals surface area contributed by atoms with Gasteiger partial charge in [-0.15, -0.1) is 0 Å². The van der Waals surface area contributed by atoms with E-state index in [0.717, 1.165) is 12.0 Å². The normalized spacial score (nSPS) is 16.3. The quantitative estimate of drug-likeness (QED) is 0.665. The maximum absolute atomic E-state index is 13.2. The molecule has 0 radical (unpaired) electrons. The molecule has 0 unspecified atom stereocenters. The van der Waals surface area contributed by atoms with Crippen LogP contribution in [-0.2, 0) is 14.8 Å². The predicted molar refractivity (Wildman–Crippen MR) is 125 cm³/mol. The van der Waals surface area contributed by atoms with Gasteiger partial charge in [-0.1, -0.05) is 32.0 Å². The summed E-state index contributed by atoms with van der Waals surface area (Å²) in [5.74, 6) is -0.0949. The Hall–Kier alpha value is -2.87. The summed E-state index contributed by atoms with van der Waals surface area (Å²) < 4.78 is 28.4. The third kappa shape index (κ3) is 5.48. The fourth-order valence-corrected chi connectivity index (χ4v) is 5.17.